The Morgan fingerprint density at radius 2 is 1.18 bits per heavy atom. The summed E-state index contributed by atoms with van der Waals surface area (Å²) in [6.45, 7) is 0.413. The van der Waals surface area contributed by atoms with Crippen LogP contribution in [-0.2, 0) is 11.3 Å². The van der Waals surface area contributed by atoms with Crippen LogP contribution in [0.2, 0.25) is 0 Å². The molecule has 0 aliphatic heterocycles. The van der Waals surface area contributed by atoms with Gasteiger partial charge in [0.1, 0.15) is 48.5 Å². The molecule has 0 saturated heterocycles. The molecule has 0 aliphatic carbocycles. The van der Waals surface area contributed by atoms with Gasteiger partial charge in [-0.3, -0.25) is 9.59 Å². The number of carbonyl (C=O) groups excluding carboxylic acids is 1. The van der Waals surface area contributed by atoms with E-state index in [-0.39, 0.29) is 12.5 Å². The fourth-order valence-corrected chi connectivity index (χ4v) is 3.74. The molecule has 0 aliphatic rings. The summed E-state index contributed by atoms with van der Waals surface area (Å²) < 4.78 is 22.4. The van der Waals surface area contributed by atoms with Gasteiger partial charge < -0.3 is 29.0 Å². The van der Waals surface area contributed by atoms with Crippen molar-refractivity contribution in [3.8, 4) is 28.7 Å². The standard InChI is InChI=1S/C31H29NO7/c1-36-25-13-9-24(10-14-25)31(35)32(22-30(33)34)21-23-7-11-26(12-8-23)37-19-20-38-27-15-17-29(18-16-27)39-28-5-3-2-4-6-28/h2-18H,19-22H2,1H3,(H,33,34). The summed E-state index contributed by atoms with van der Waals surface area (Å²) >= 11 is 0. The Hall–Kier alpha value is -4.98. The van der Waals surface area contributed by atoms with Crippen LogP contribution < -0.4 is 18.9 Å². The van der Waals surface area contributed by atoms with E-state index in [0.717, 1.165) is 17.1 Å². The fourth-order valence-electron chi connectivity index (χ4n) is 3.74. The van der Waals surface area contributed by atoms with Crippen molar-refractivity contribution in [2.24, 2.45) is 0 Å². The van der Waals surface area contributed by atoms with Gasteiger partial charge in [-0.25, -0.2) is 0 Å². The van der Waals surface area contributed by atoms with Crippen molar-refractivity contribution in [2.75, 3.05) is 26.9 Å². The van der Waals surface area contributed by atoms with Crippen molar-refractivity contribution >= 4 is 11.9 Å². The van der Waals surface area contributed by atoms with E-state index < -0.39 is 12.5 Å². The van der Waals surface area contributed by atoms with E-state index in [9.17, 15) is 14.7 Å². The first-order valence-corrected chi connectivity index (χ1v) is 12.3. The van der Waals surface area contributed by atoms with Crippen molar-refractivity contribution in [3.05, 3.63) is 114 Å². The number of carbonyl (C=O) groups is 2. The molecule has 0 spiro atoms. The fraction of sp³-hybridized carbons (Fsp3) is 0.161. The van der Waals surface area contributed by atoms with Gasteiger partial charge in [0.05, 0.1) is 7.11 Å². The number of benzene rings is 4. The minimum absolute atomic E-state index is 0.143. The van der Waals surface area contributed by atoms with E-state index in [1.807, 2.05) is 54.6 Å². The molecule has 0 radical (unpaired) electrons. The lowest BCUT2D eigenvalue weighted by Gasteiger charge is -2.21. The van der Waals surface area contributed by atoms with E-state index in [4.69, 9.17) is 18.9 Å². The molecule has 1 amide bonds. The molecule has 0 aromatic heterocycles. The number of hydrogen-bond donors (Lipinski definition) is 1. The number of ether oxygens (including phenoxy) is 4. The van der Waals surface area contributed by atoms with E-state index in [1.165, 1.54) is 12.0 Å². The van der Waals surface area contributed by atoms with Crippen LogP contribution in [0.15, 0.2) is 103 Å². The smallest absolute Gasteiger partial charge is 0.323 e. The van der Waals surface area contributed by atoms with E-state index in [1.54, 1.807) is 48.5 Å². The Morgan fingerprint density at radius 1 is 0.667 bits per heavy atom. The Morgan fingerprint density at radius 3 is 1.74 bits per heavy atom. The predicted molar refractivity (Wildman–Crippen MR) is 146 cm³/mol. The van der Waals surface area contributed by atoms with Gasteiger partial charge in [-0.15, -0.1) is 0 Å². The van der Waals surface area contributed by atoms with Gasteiger partial charge in [-0.1, -0.05) is 30.3 Å². The minimum atomic E-state index is -1.09. The molecule has 4 aromatic rings. The lowest BCUT2D eigenvalue weighted by atomic mass is 10.1. The highest BCUT2D eigenvalue weighted by Crippen LogP contribution is 2.23. The van der Waals surface area contributed by atoms with Gasteiger partial charge in [-0.2, -0.15) is 0 Å². The number of nitrogens with zero attached hydrogens (tertiary/aromatic N) is 1. The van der Waals surface area contributed by atoms with Crippen LogP contribution in [0.5, 0.6) is 28.7 Å². The van der Waals surface area contributed by atoms with Crippen LogP contribution >= 0.6 is 0 Å². The maximum absolute atomic E-state index is 12.9. The molecular weight excluding hydrogens is 498 g/mol. The highest BCUT2D eigenvalue weighted by atomic mass is 16.5. The normalized spacial score (nSPS) is 10.4. The summed E-state index contributed by atoms with van der Waals surface area (Å²) in [5.74, 6) is 1.98. The zero-order valence-corrected chi connectivity index (χ0v) is 21.5. The van der Waals surface area contributed by atoms with Crippen molar-refractivity contribution in [2.45, 2.75) is 6.54 Å². The predicted octanol–water partition coefficient (Wildman–Crippen LogP) is 5.67. The van der Waals surface area contributed by atoms with E-state index in [2.05, 4.69) is 0 Å². The number of aliphatic carboxylic acids is 1. The molecule has 8 heteroatoms. The molecule has 0 bridgehead atoms. The molecule has 4 rings (SSSR count). The first-order chi connectivity index (χ1) is 19.0. The molecule has 4 aromatic carbocycles. The second-order valence-corrected chi connectivity index (χ2v) is 8.51. The SMILES string of the molecule is COc1ccc(C(=O)N(CC(=O)O)Cc2ccc(OCCOc3ccc(Oc4ccccc4)cc3)cc2)cc1. The largest absolute Gasteiger partial charge is 0.497 e. The van der Waals surface area contributed by atoms with Crippen molar-refractivity contribution < 1.29 is 33.6 Å². The molecule has 0 heterocycles. The number of carboxylic acids is 1. The maximum atomic E-state index is 12.9. The molecule has 8 nitrogen and oxygen atoms in total. The number of amides is 1. The molecule has 0 unspecified atom stereocenters. The van der Waals surface area contributed by atoms with Crippen LogP contribution in [0, 0.1) is 0 Å². The number of methoxy groups -OCH3 is 1. The third kappa shape index (κ3) is 8.26. The van der Waals surface area contributed by atoms with Crippen LogP contribution in [-0.4, -0.2) is 48.8 Å². The monoisotopic (exact) mass is 527 g/mol. The summed E-state index contributed by atoms with van der Waals surface area (Å²) in [4.78, 5) is 25.6. The number of carboxylic acid groups (broad SMARTS) is 1. The third-order valence-electron chi connectivity index (χ3n) is 5.67. The molecule has 39 heavy (non-hydrogen) atoms. The average Bonchev–Trinajstić information content (AvgIpc) is 2.96. The lowest BCUT2D eigenvalue weighted by molar-refractivity contribution is -0.137. The van der Waals surface area contributed by atoms with Crippen LogP contribution in [0.1, 0.15) is 15.9 Å². The van der Waals surface area contributed by atoms with Gasteiger partial charge in [-0.05, 0) is 78.4 Å². The Kier molecular flexibility index (Phi) is 9.39. The molecule has 0 saturated carbocycles. The van der Waals surface area contributed by atoms with Gasteiger partial charge in [0.15, 0.2) is 0 Å². The summed E-state index contributed by atoms with van der Waals surface area (Å²) in [7, 11) is 1.54. The van der Waals surface area contributed by atoms with Crippen LogP contribution in [0.3, 0.4) is 0 Å². The van der Waals surface area contributed by atoms with Gasteiger partial charge in [0.2, 0.25) is 0 Å². The van der Waals surface area contributed by atoms with Crippen molar-refractivity contribution in [3.63, 3.8) is 0 Å². The Balaban J connectivity index is 1.24. The highest BCUT2D eigenvalue weighted by molar-refractivity contribution is 5.95. The zero-order valence-electron chi connectivity index (χ0n) is 21.5. The van der Waals surface area contributed by atoms with Gasteiger partial charge >= 0.3 is 5.97 Å². The van der Waals surface area contributed by atoms with Gasteiger partial charge in [0, 0.05) is 12.1 Å². The summed E-state index contributed by atoms with van der Waals surface area (Å²) in [6, 6.07) is 30.6. The van der Waals surface area contributed by atoms with E-state index in [0.29, 0.717) is 36.0 Å². The van der Waals surface area contributed by atoms with Gasteiger partial charge in [0.25, 0.3) is 5.91 Å². The molecule has 0 fully saturated rings. The van der Waals surface area contributed by atoms with Crippen molar-refractivity contribution in [1.29, 1.82) is 0 Å². The Labute approximate surface area is 226 Å². The maximum Gasteiger partial charge on any atom is 0.323 e. The average molecular weight is 528 g/mol. The van der Waals surface area contributed by atoms with Crippen LogP contribution in [0.4, 0.5) is 0 Å². The quantitative estimate of drug-likeness (QED) is 0.224. The number of rotatable bonds is 13. The zero-order chi connectivity index (χ0) is 27.5. The third-order valence-corrected chi connectivity index (χ3v) is 5.67. The first kappa shape index (κ1) is 27.1. The topological polar surface area (TPSA) is 94.5 Å². The van der Waals surface area contributed by atoms with Crippen molar-refractivity contribution in [1.82, 2.24) is 4.90 Å². The Bertz CT molecular complexity index is 1340. The summed E-state index contributed by atoms with van der Waals surface area (Å²) in [5.41, 5.74) is 1.16. The molecule has 200 valence electrons. The highest BCUT2D eigenvalue weighted by Gasteiger charge is 2.19. The minimum Gasteiger partial charge on any atom is -0.497 e. The molecule has 0 atom stereocenters. The van der Waals surface area contributed by atoms with Crippen LogP contribution in [0.25, 0.3) is 0 Å². The second-order valence-electron chi connectivity index (χ2n) is 8.51. The molecular formula is C31H29NO7. The number of para-hydroxylation sites is 1. The summed E-state index contributed by atoms with van der Waals surface area (Å²) in [6.07, 6.45) is 0. The first-order valence-electron chi connectivity index (χ1n) is 12.3. The second kappa shape index (κ2) is 13.5. The summed E-state index contributed by atoms with van der Waals surface area (Å²) in [5, 5.41) is 9.31. The molecule has 1 N–H and O–H groups in total. The van der Waals surface area contributed by atoms with E-state index >= 15 is 0 Å². The lowest BCUT2D eigenvalue weighted by Crippen LogP contribution is -2.35. The number of hydrogen-bond acceptors (Lipinski definition) is 6.